The molecule has 2 rings (SSSR count). The average molecular weight is 545 g/mol. The van der Waals surface area contributed by atoms with Gasteiger partial charge in [0.1, 0.15) is 5.82 Å². The molecule has 2 aromatic rings. The molecule has 0 radical (unpaired) electrons. The van der Waals surface area contributed by atoms with Crippen molar-refractivity contribution >= 4 is 41.3 Å². The van der Waals surface area contributed by atoms with Crippen molar-refractivity contribution in [3.05, 3.63) is 40.6 Å². The highest BCUT2D eigenvalue weighted by Gasteiger charge is 2.57. The third-order valence-corrected chi connectivity index (χ3v) is 5.12. The number of imidazole rings is 1. The lowest BCUT2D eigenvalue weighted by Crippen LogP contribution is -2.48. The number of aromatic nitrogens is 2. The maximum absolute atomic E-state index is 13.6. The molecule has 2 aromatic heterocycles. The summed E-state index contributed by atoms with van der Waals surface area (Å²) in [7, 11) is 1.42. The lowest BCUT2D eigenvalue weighted by Gasteiger charge is -2.30. The Balaban J connectivity index is 0.00000420. The molecule has 0 spiro atoms. The van der Waals surface area contributed by atoms with Crippen molar-refractivity contribution in [3.63, 3.8) is 0 Å². The second-order valence-corrected chi connectivity index (χ2v) is 7.35. The molecule has 0 aliphatic carbocycles. The molecule has 0 aliphatic rings. The van der Waals surface area contributed by atoms with Gasteiger partial charge in [-0.2, -0.15) is 24.5 Å². The molecule has 0 bridgehead atoms. The number of halogens is 4. The second kappa shape index (κ2) is 11.2. The second-order valence-electron chi connectivity index (χ2n) is 6.57. The van der Waals surface area contributed by atoms with Crippen molar-refractivity contribution < 1.29 is 18.3 Å². The smallest absolute Gasteiger partial charge is 0.374 e. The van der Waals surface area contributed by atoms with Crippen molar-refractivity contribution in [2.24, 2.45) is 12.0 Å². The van der Waals surface area contributed by atoms with Crippen LogP contribution in [0.2, 0.25) is 0 Å². The summed E-state index contributed by atoms with van der Waals surface area (Å²) < 4.78 is 41.8. The van der Waals surface area contributed by atoms with Gasteiger partial charge in [-0.25, -0.2) is 4.98 Å². The molecular formula is C18H27F3IN5OS. The van der Waals surface area contributed by atoms with Crippen LogP contribution in [0.25, 0.3) is 0 Å². The molecule has 0 amide bonds. The van der Waals surface area contributed by atoms with Gasteiger partial charge < -0.3 is 20.3 Å². The van der Waals surface area contributed by atoms with E-state index >= 15 is 0 Å². The molecule has 3 N–H and O–H groups in total. The first-order valence-electron chi connectivity index (χ1n) is 9.00. The van der Waals surface area contributed by atoms with Crippen molar-refractivity contribution in [1.82, 2.24) is 20.2 Å². The Morgan fingerprint density at radius 1 is 1.38 bits per heavy atom. The molecule has 0 saturated carbocycles. The normalized spacial score (nSPS) is 15.3. The highest BCUT2D eigenvalue weighted by molar-refractivity contribution is 14.0. The Morgan fingerprint density at radius 3 is 2.62 bits per heavy atom. The first kappa shape index (κ1) is 25.7. The highest BCUT2D eigenvalue weighted by atomic mass is 127. The molecular weight excluding hydrogens is 518 g/mol. The van der Waals surface area contributed by atoms with Gasteiger partial charge in [-0.3, -0.25) is 4.99 Å². The number of hydrogen-bond acceptors (Lipinski definition) is 4. The number of hydrogen-bond donors (Lipinski definition) is 3. The van der Waals surface area contributed by atoms with Crippen LogP contribution in [0.3, 0.4) is 0 Å². The van der Waals surface area contributed by atoms with Gasteiger partial charge in [0, 0.05) is 51.4 Å². The number of aliphatic imine (C=N–C) groups is 1. The summed E-state index contributed by atoms with van der Waals surface area (Å²) in [6.07, 6.45) is -2.84. The Bertz CT molecular complexity index is 766. The summed E-state index contributed by atoms with van der Waals surface area (Å²) >= 11 is 1.61. The number of thiophene rings is 1. The third-order valence-electron chi connectivity index (χ3n) is 4.42. The summed E-state index contributed by atoms with van der Waals surface area (Å²) in [4.78, 5) is 8.14. The van der Waals surface area contributed by atoms with Crippen LogP contribution >= 0.6 is 35.3 Å². The number of aryl methyl sites for hydroxylation is 1. The minimum Gasteiger partial charge on any atom is -0.374 e. The molecule has 0 aliphatic heterocycles. The fraction of sp³-hybridized carbons (Fsp3) is 0.556. The van der Waals surface area contributed by atoms with Gasteiger partial charge in [-0.05, 0) is 29.3 Å². The van der Waals surface area contributed by atoms with E-state index in [-0.39, 0.29) is 36.4 Å². The number of nitrogens with zero attached hydrogens (tertiary/aromatic N) is 3. The maximum atomic E-state index is 13.6. The molecule has 164 valence electrons. The molecule has 0 fully saturated rings. The molecule has 0 saturated heterocycles. The number of nitrogens with one attached hydrogen (secondary N) is 2. The van der Waals surface area contributed by atoms with E-state index < -0.39 is 24.0 Å². The van der Waals surface area contributed by atoms with E-state index in [9.17, 15) is 18.3 Å². The van der Waals surface area contributed by atoms with E-state index in [1.807, 2.05) is 25.3 Å². The van der Waals surface area contributed by atoms with Gasteiger partial charge in [-0.1, -0.05) is 6.92 Å². The van der Waals surface area contributed by atoms with Gasteiger partial charge in [0.15, 0.2) is 5.96 Å². The van der Waals surface area contributed by atoms with Crippen LogP contribution in [-0.2, 0) is 12.6 Å². The van der Waals surface area contributed by atoms with E-state index in [1.165, 1.54) is 29.6 Å². The van der Waals surface area contributed by atoms with E-state index in [0.29, 0.717) is 19.0 Å². The topological polar surface area (TPSA) is 74.5 Å². The van der Waals surface area contributed by atoms with Crippen LogP contribution in [0, 0.1) is 0 Å². The van der Waals surface area contributed by atoms with Crippen molar-refractivity contribution in [2.45, 2.75) is 38.0 Å². The van der Waals surface area contributed by atoms with Crippen molar-refractivity contribution in [2.75, 3.05) is 19.6 Å². The van der Waals surface area contributed by atoms with Gasteiger partial charge >= 0.3 is 6.18 Å². The Hall–Kier alpha value is -1.34. The van der Waals surface area contributed by atoms with E-state index in [2.05, 4.69) is 26.0 Å². The van der Waals surface area contributed by atoms with E-state index in [0.717, 1.165) is 0 Å². The fourth-order valence-electron chi connectivity index (χ4n) is 2.74. The van der Waals surface area contributed by atoms with Gasteiger partial charge in [0.05, 0.1) is 0 Å². The largest absolute Gasteiger partial charge is 0.424 e. The summed E-state index contributed by atoms with van der Waals surface area (Å²) in [5.41, 5.74) is -1.87. The average Bonchev–Trinajstić information content (AvgIpc) is 3.30. The van der Waals surface area contributed by atoms with Crippen LogP contribution in [0.4, 0.5) is 13.2 Å². The standard InChI is InChI=1S/C18H26F3N5OS.HI/c1-4-22-16(25-11-13(2)14-5-10-28-12-14)24-7-6-17(27,18(19,20)21)15-23-8-9-26(15)3;/h5,8-10,12-13,27H,4,6-7,11H2,1-3H3,(H2,22,24,25);1H. The molecule has 6 nitrogen and oxygen atoms in total. The van der Waals surface area contributed by atoms with Crippen molar-refractivity contribution in [3.8, 4) is 0 Å². The molecule has 2 unspecified atom stereocenters. The van der Waals surface area contributed by atoms with E-state index in [4.69, 9.17) is 0 Å². The maximum Gasteiger partial charge on any atom is 0.424 e. The summed E-state index contributed by atoms with van der Waals surface area (Å²) in [5, 5.41) is 20.3. The monoisotopic (exact) mass is 545 g/mol. The van der Waals surface area contributed by atoms with E-state index in [1.54, 1.807) is 11.3 Å². The SMILES string of the molecule is CCNC(=NCC(C)c1ccsc1)NCCC(O)(c1nccn1C)C(F)(F)F.I. The lowest BCUT2D eigenvalue weighted by molar-refractivity contribution is -0.272. The van der Waals surface area contributed by atoms with Crippen LogP contribution in [0.15, 0.2) is 34.2 Å². The number of aliphatic hydroxyl groups is 1. The first-order chi connectivity index (χ1) is 13.2. The van der Waals surface area contributed by atoms with Crippen LogP contribution in [0.1, 0.15) is 37.6 Å². The number of guanidine groups is 1. The third kappa shape index (κ3) is 6.57. The lowest BCUT2D eigenvalue weighted by atomic mass is 9.97. The summed E-state index contributed by atoms with van der Waals surface area (Å²) in [6, 6.07) is 2.03. The van der Waals surface area contributed by atoms with Gasteiger partial charge in [0.2, 0.25) is 5.60 Å². The zero-order chi connectivity index (χ0) is 20.8. The number of rotatable bonds is 8. The predicted octanol–water partition coefficient (Wildman–Crippen LogP) is 3.60. The zero-order valence-corrected chi connectivity index (χ0v) is 19.7. The Labute approximate surface area is 189 Å². The Kier molecular flexibility index (Phi) is 9.89. The highest BCUT2D eigenvalue weighted by Crippen LogP contribution is 2.40. The van der Waals surface area contributed by atoms with Gasteiger partial charge in [-0.15, -0.1) is 24.0 Å². The fourth-order valence-corrected chi connectivity index (χ4v) is 3.52. The minimum absolute atomic E-state index is 0. The molecule has 2 heterocycles. The first-order valence-corrected chi connectivity index (χ1v) is 9.94. The van der Waals surface area contributed by atoms with Crippen LogP contribution in [-0.4, -0.2) is 46.4 Å². The zero-order valence-electron chi connectivity index (χ0n) is 16.5. The molecule has 0 aromatic carbocycles. The molecule has 29 heavy (non-hydrogen) atoms. The predicted molar refractivity (Wildman–Crippen MR) is 120 cm³/mol. The van der Waals surface area contributed by atoms with Crippen LogP contribution < -0.4 is 10.6 Å². The van der Waals surface area contributed by atoms with Crippen LogP contribution in [0.5, 0.6) is 0 Å². The molecule has 2 atom stereocenters. The summed E-state index contributed by atoms with van der Waals surface area (Å²) in [6.45, 7) is 4.86. The molecule has 11 heteroatoms. The quantitative estimate of drug-likeness (QED) is 0.269. The Morgan fingerprint density at radius 2 is 2.10 bits per heavy atom. The minimum atomic E-state index is -4.85. The number of alkyl halides is 3. The van der Waals surface area contributed by atoms with Gasteiger partial charge in [0.25, 0.3) is 0 Å². The summed E-state index contributed by atoms with van der Waals surface area (Å²) in [5.74, 6) is 0.171. The van der Waals surface area contributed by atoms with Crippen molar-refractivity contribution in [1.29, 1.82) is 0 Å².